The summed E-state index contributed by atoms with van der Waals surface area (Å²) in [5.74, 6) is -0.476. The SMILES string of the molecule is O=C(NCc1ccc(F)cc1)c1ccc(NCc2ccc(F)cc2)nn1. The van der Waals surface area contributed by atoms with Crippen molar-refractivity contribution < 1.29 is 13.6 Å². The van der Waals surface area contributed by atoms with Crippen LogP contribution in [0.4, 0.5) is 14.6 Å². The molecule has 0 fully saturated rings. The van der Waals surface area contributed by atoms with Crippen LogP contribution in [0.3, 0.4) is 0 Å². The fourth-order valence-corrected chi connectivity index (χ4v) is 2.22. The van der Waals surface area contributed by atoms with Gasteiger partial charge >= 0.3 is 0 Å². The molecule has 2 N–H and O–H groups in total. The molecule has 0 saturated heterocycles. The summed E-state index contributed by atoms with van der Waals surface area (Å²) < 4.78 is 25.7. The van der Waals surface area contributed by atoms with Crippen LogP contribution < -0.4 is 10.6 Å². The van der Waals surface area contributed by atoms with E-state index in [4.69, 9.17) is 0 Å². The van der Waals surface area contributed by atoms with Gasteiger partial charge in [-0.15, -0.1) is 10.2 Å². The molecule has 3 aromatic rings. The van der Waals surface area contributed by atoms with Gasteiger partial charge < -0.3 is 10.6 Å². The molecule has 0 radical (unpaired) electrons. The molecule has 0 aliphatic heterocycles. The molecule has 3 rings (SSSR count). The second-order valence-electron chi connectivity index (χ2n) is 5.59. The Morgan fingerprint density at radius 3 is 1.88 bits per heavy atom. The highest BCUT2D eigenvalue weighted by Gasteiger charge is 2.08. The minimum atomic E-state index is -0.369. The third-order valence-corrected chi connectivity index (χ3v) is 3.65. The smallest absolute Gasteiger partial charge is 0.272 e. The number of nitrogens with one attached hydrogen (secondary N) is 2. The van der Waals surface area contributed by atoms with Crippen molar-refractivity contribution in [2.75, 3.05) is 5.32 Å². The second kappa shape index (κ2) is 8.15. The summed E-state index contributed by atoms with van der Waals surface area (Å²) in [5, 5.41) is 13.6. The van der Waals surface area contributed by atoms with Crippen LogP contribution in [0.15, 0.2) is 60.7 Å². The molecule has 0 aliphatic carbocycles. The number of carbonyl (C=O) groups excluding carboxylic acids is 1. The maximum atomic E-state index is 12.9. The molecule has 1 amide bonds. The Hall–Kier alpha value is -3.35. The predicted molar refractivity (Wildman–Crippen MR) is 93.3 cm³/mol. The molecule has 2 aromatic carbocycles. The Morgan fingerprint density at radius 2 is 1.35 bits per heavy atom. The molecule has 1 heterocycles. The summed E-state index contributed by atoms with van der Waals surface area (Å²) in [6, 6.07) is 15.2. The van der Waals surface area contributed by atoms with Gasteiger partial charge in [-0.1, -0.05) is 24.3 Å². The van der Waals surface area contributed by atoms with Gasteiger partial charge in [0.1, 0.15) is 17.5 Å². The van der Waals surface area contributed by atoms with E-state index < -0.39 is 0 Å². The van der Waals surface area contributed by atoms with E-state index in [-0.39, 0.29) is 29.8 Å². The summed E-state index contributed by atoms with van der Waals surface area (Å²) in [6.07, 6.45) is 0. The van der Waals surface area contributed by atoms with E-state index in [0.29, 0.717) is 12.4 Å². The van der Waals surface area contributed by atoms with Gasteiger partial charge in [0.2, 0.25) is 0 Å². The largest absolute Gasteiger partial charge is 0.365 e. The molecule has 0 saturated carbocycles. The minimum absolute atomic E-state index is 0.180. The zero-order valence-electron chi connectivity index (χ0n) is 13.7. The Balaban J connectivity index is 1.52. The van der Waals surface area contributed by atoms with Crippen molar-refractivity contribution in [3.05, 3.63) is 89.1 Å². The molecule has 0 aliphatic rings. The quantitative estimate of drug-likeness (QED) is 0.713. The third-order valence-electron chi connectivity index (χ3n) is 3.65. The Morgan fingerprint density at radius 1 is 0.769 bits per heavy atom. The first kappa shape index (κ1) is 17.5. The van der Waals surface area contributed by atoms with Gasteiger partial charge in [-0.25, -0.2) is 8.78 Å². The van der Waals surface area contributed by atoms with E-state index in [0.717, 1.165) is 11.1 Å². The Labute approximate surface area is 149 Å². The molecule has 132 valence electrons. The minimum Gasteiger partial charge on any atom is -0.365 e. The summed E-state index contributed by atoms with van der Waals surface area (Å²) in [6.45, 7) is 0.733. The van der Waals surface area contributed by atoms with Crippen molar-refractivity contribution in [1.82, 2.24) is 15.5 Å². The van der Waals surface area contributed by atoms with Gasteiger partial charge in [0, 0.05) is 13.1 Å². The average molecular weight is 354 g/mol. The molecule has 5 nitrogen and oxygen atoms in total. The highest BCUT2D eigenvalue weighted by Crippen LogP contribution is 2.08. The summed E-state index contributed by atoms with van der Waals surface area (Å²) in [7, 11) is 0. The number of benzene rings is 2. The summed E-state index contributed by atoms with van der Waals surface area (Å²) >= 11 is 0. The van der Waals surface area contributed by atoms with E-state index in [2.05, 4.69) is 20.8 Å². The van der Waals surface area contributed by atoms with Crippen LogP contribution >= 0.6 is 0 Å². The number of aromatic nitrogens is 2. The molecular weight excluding hydrogens is 338 g/mol. The van der Waals surface area contributed by atoms with Gasteiger partial charge in [0.15, 0.2) is 5.69 Å². The first-order valence-electron chi connectivity index (χ1n) is 7.95. The Kier molecular flexibility index (Phi) is 5.48. The molecule has 26 heavy (non-hydrogen) atoms. The number of anilines is 1. The van der Waals surface area contributed by atoms with Crippen molar-refractivity contribution in [1.29, 1.82) is 0 Å². The van der Waals surface area contributed by atoms with Gasteiger partial charge in [0.05, 0.1) is 0 Å². The lowest BCUT2D eigenvalue weighted by atomic mass is 10.2. The van der Waals surface area contributed by atoms with Crippen LogP contribution in [0.5, 0.6) is 0 Å². The van der Waals surface area contributed by atoms with Crippen molar-refractivity contribution >= 4 is 11.7 Å². The topological polar surface area (TPSA) is 66.9 Å². The van der Waals surface area contributed by atoms with Gasteiger partial charge in [0.25, 0.3) is 5.91 Å². The monoisotopic (exact) mass is 354 g/mol. The van der Waals surface area contributed by atoms with Crippen LogP contribution in [0, 0.1) is 11.6 Å². The van der Waals surface area contributed by atoms with Crippen LogP contribution in [-0.2, 0) is 13.1 Å². The standard InChI is InChI=1S/C19H16F2N4O/c20-15-5-1-13(2-6-15)11-22-18-10-9-17(24-25-18)19(26)23-12-14-3-7-16(21)8-4-14/h1-10H,11-12H2,(H,22,25)(H,23,26). The number of nitrogens with zero attached hydrogens (tertiary/aromatic N) is 2. The number of hydrogen-bond acceptors (Lipinski definition) is 4. The zero-order valence-corrected chi connectivity index (χ0v) is 13.7. The maximum absolute atomic E-state index is 12.9. The lowest BCUT2D eigenvalue weighted by Gasteiger charge is -2.07. The normalized spacial score (nSPS) is 10.4. The highest BCUT2D eigenvalue weighted by atomic mass is 19.1. The Bertz CT molecular complexity index is 866. The molecule has 0 bridgehead atoms. The van der Waals surface area contributed by atoms with Gasteiger partial charge in [-0.05, 0) is 47.5 Å². The molecule has 0 spiro atoms. The molecule has 1 aromatic heterocycles. The van der Waals surface area contributed by atoms with E-state index >= 15 is 0 Å². The van der Waals surface area contributed by atoms with E-state index in [1.54, 1.807) is 36.4 Å². The van der Waals surface area contributed by atoms with Gasteiger partial charge in [-0.3, -0.25) is 4.79 Å². The van der Waals surface area contributed by atoms with Gasteiger partial charge in [-0.2, -0.15) is 0 Å². The number of carbonyl (C=O) groups is 1. The fourth-order valence-electron chi connectivity index (χ4n) is 2.22. The summed E-state index contributed by atoms with van der Waals surface area (Å²) in [5.41, 5.74) is 1.86. The van der Waals surface area contributed by atoms with E-state index in [9.17, 15) is 13.6 Å². The van der Waals surface area contributed by atoms with Crippen LogP contribution in [0.1, 0.15) is 21.6 Å². The first-order chi connectivity index (χ1) is 12.6. The third kappa shape index (κ3) is 4.83. The number of hydrogen-bond donors (Lipinski definition) is 2. The fraction of sp³-hybridized carbons (Fsp3) is 0.105. The molecule has 0 unspecified atom stereocenters. The lowest BCUT2D eigenvalue weighted by Crippen LogP contribution is -2.24. The van der Waals surface area contributed by atoms with Crippen LogP contribution in [0.25, 0.3) is 0 Å². The van der Waals surface area contributed by atoms with Crippen LogP contribution in [-0.4, -0.2) is 16.1 Å². The van der Waals surface area contributed by atoms with Crippen LogP contribution in [0.2, 0.25) is 0 Å². The van der Waals surface area contributed by atoms with Crippen molar-refractivity contribution in [2.45, 2.75) is 13.1 Å². The second-order valence-corrected chi connectivity index (χ2v) is 5.59. The maximum Gasteiger partial charge on any atom is 0.272 e. The first-order valence-corrected chi connectivity index (χ1v) is 7.95. The molecule has 7 heteroatoms. The number of amides is 1. The number of halogens is 2. The molecule has 0 atom stereocenters. The van der Waals surface area contributed by atoms with E-state index in [1.807, 2.05) is 0 Å². The van der Waals surface area contributed by atoms with Crippen molar-refractivity contribution in [3.63, 3.8) is 0 Å². The van der Waals surface area contributed by atoms with E-state index in [1.165, 1.54) is 24.3 Å². The van der Waals surface area contributed by atoms with Crippen molar-refractivity contribution in [2.24, 2.45) is 0 Å². The highest BCUT2D eigenvalue weighted by molar-refractivity contribution is 5.92. The van der Waals surface area contributed by atoms with Crippen molar-refractivity contribution in [3.8, 4) is 0 Å². The molecular formula is C19H16F2N4O. The summed E-state index contributed by atoms with van der Waals surface area (Å²) in [4.78, 5) is 12.1. The number of rotatable bonds is 6. The zero-order chi connectivity index (χ0) is 18.4. The average Bonchev–Trinajstić information content (AvgIpc) is 2.67. The predicted octanol–water partition coefficient (Wildman–Crippen LogP) is 3.30. The lowest BCUT2D eigenvalue weighted by molar-refractivity contribution is 0.0945.